The third kappa shape index (κ3) is 6.72. The minimum atomic E-state index is -0.487. The molecule has 0 aromatic heterocycles. The van der Waals surface area contributed by atoms with Crippen molar-refractivity contribution < 1.29 is 15.1 Å². The molecule has 0 atom stereocenters. The maximum absolute atomic E-state index is 10.8. The first-order chi connectivity index (χ1) is 20.4. The molecule has 0 spiro atoms. The standard InChI is InChI=1S/C32H22ClN5O4/c33-23-10-16-31(40)27(19-23)32(21-6-2-1-3-7-21)35-29-9-5-4-8-28(29)34-20-22-18-25(13-17-30(22)39)37-36-24-11-14-26(15-12-24)38(41)42/h1-20,39-40H. The van der Waals surface area contributed by atoms with Gasteiger partial charge in [0.05, 0.1) is 33.4 Å². The Balaban J connectivity index is 1.47. The number of rotatable bonds is 8. The quantitative estimate of drug-likeness (QED) is 0.0826. The van der Waals surface area contributed by atoms with E-state index in [4.69, 9.17) is 16.6 Å². The second kappa shape index (κ2) is 12.7. The van der Waals surface area contributed by atoms with Crippen molar-refractivity contribution in [1.29, 1.82) is 0 Å². The molecule has 0 aliphatic carbocycles. The molecule has 9 nitrogen and oxygen atoms in total. The van der Waals surface area contributed by atoms with Gasteiger partial charge in [0.15, 0.2) is 0 Å². The lowest BCUT2D eigenvalue weighted by atomic mass is 10.0. The van der Waals surface area contributed by atoms with Crippen molar-refractivity contribution in [1.82, 2.24) is 0 Å². The van der Waals surface area contributed by atoms with Crippen LogP contribution in [0.5, 0.6) is 11.5 Å². The smallest absolute Gasteiger partial charge is 0.269 e. The van der Waals surface area contributed by atoms with Gasteiger partial charge in [0, 0.05) is 40.1 Å². The molecule has 206 valence electrons. The van der Waals surface area contributed by atoms with Gasteiger partial charge >= 0.3 is 0 Å². The number of azo groups is 1. The topological polar surface area (TPSA) is 133 Å². The molecular formula is C32H22ClN5O4. The van der Waals surface area contributed by atoms with Crippen molar-refractivity contribution in [3.63, 3.8) is 0 Å². The Labute approximate surface area is 245 Å². The Hall–Kier alpha value is -5.67. The lowest BCUT2D eigenvalue weighted by Crippen LogP contribution is -2.03. The zero-order valence-electron chi connectivity index (χ0n) is 21.9. The summed E-state index contributed by atoms with van der Waals surface area (Å²) in [6.07, 6.45) is 1.49. The number of phenols is 2. The van der Waals surface area contributed by atoms with Crippen molar-refractivity contribution in [3.8, 4) is 11.5 Å². The predicted molar refractivity (Wildman–Crippen MR) is 164 cm³/mol. The minimum Gasteiger partial charge on any atom is -0.507 e. The number of hydrogen-bond donors (Lipinski definition) is 2. The van der Waals surface area contributed by atoms with E-state index in [1.54, 1.807) is 36.4 Å². The SMILES string of the molecule is O=[N+]([O-])c1ccc(N=Nc2ccc(O)c(C=Nc3ccccc3N=C(c3ccccc3)c3cc(Cl)ccc3O)c2)cc1. The summed E-state index contributed by atoms with van der Waals surface area (Å²) in [7, 11) is 0. The van der Waals surface area contributed by atoms with E-state index in [0.29, 0.717) is 44.6 Å². The first-order valence-corrected chi connectivity index (χ1v) is 13.0. The van der Waals surface area contributed by atoms with Crippen LogP contribution in [-0.4, -0.2) is 27.1 Å². The van der Waals surface area contributed by atoms with Gasteiger partial charge in [-0.25, -0.2) is 4.99 Å². The normalized spacial score (nSPS) is 11.8. The van der Waals surface area contributed by atoms with Gasteiger partial charge in [-0.3, -0.25) is 15.1 Å². The highest BCUT2D eigenvalue weighted by atomic mass is 35.5. The molecule has 42 heavy (non-hydrogen) atoms. The summed E-state index contributed by atoms with van der Waals surface area (Å²) < 4.78 is 0. The minimum absolute atomic E-state index is 0.0113. The van der Waals surface area contributed by atoms with Crippen LogP contribution in [0.4, 0.5) is 28.4 Å². The van der Waals surface area contributed by atoms with E-state index in [1.165, 1.54) is 42.6 Å². The molecule has 0 radical (unpaired) electrons. The molecule has 5 aromatic rings. The third-order valence-corrected chi connectivity index (χ3v) is 6.31. The Morgan fingerprint density at radius 2 is 1.38 bits per heavy atom. The number of nitrogens with zero attached hydrogens (tertiary/aromatic N) is 5. The lowest BCUT2D eigenvalue weighted by molar-refractivity contribution is -0.384. The van der Waals surface area contributed by atoms with Crippen LogP contribution in [0.15, 0.2) is 135 Å². The first-order valence-electron chi connectivity index (χ1n) is 12.6. The number of halogens is 1. The van der Waals surface area contributed by atoms with Crippen LogP contribution in [0.25, 0.3) is 0 Å². The monoisotopic (exact) mass is 575 g/mol. The average Bonchev–Trinajstić information content (AvgIpc) is 3.01. The van der Waals surface area contributed by atoms with Crippen LogP contribution in [-0.2, 0) is 0 Å². The van der Waals surface area contributed by atoms with Gasteiger partial charge in [-0.2, -0.15) is 10.2 Å². The second-order valence-corrected chi connectivity index (χ2v) is 9.39. The maximum atomic E-state index is 10.8. The highest BCUT2D eigenvalue weighted by molar-refractivity contribution is 6.31. The molecule has 5 rings (SSSR count). The number of non-ortho nitro benzene ring substituents is 1. The van der Waals surface area contributed by atoms with E-state index < -0.39 is 4.92 Å². The van der Waals surface area contributed by atoms with Gasteiger partial charge < -0.3 is 10.2 Å². The van der Waals surface area contributed by atoms with Crippen LogP contribution < -0.4 is 0 Å². The van der Waals surface area contributed by atoms with Gasteiger partial charge in [-0.15, -0.1) is 0 Å². The molecule has 10 heteroatoms. The molecular weight excluding hydrogens is 554 g/mol. The second-order valence-electron chi connectivity index (χ2n) is 8.95. The molecule has 0 unspecified atom stereocenters. The van der Waals surface area contributed by atoms with E-state index in [-0.39, 0.29) is 17.2 Å². The van der Waals surface area contributed by atoms with Crippen molar-refractivity contribution >= 4 is 52.0 Å². The van der Waals surface area contributed by atoms with Crippen LogP contribution in [0, 0.1) is 10.1 Å². The zero-order valence-corrected chi connectivity index (χ0v) is 22.6. The largest absolute Gasteiger partial charge is 0.507 e. The highest BCUT2D eigenvalue weighted by Crippen LogP contribution is 2.33. The fourth-order valence-electron chi connectivity index (χ4n) is 3.97. The van der Waals surface area contributed by atoms with Crippen LogP contribution in [0.1, 0.15) is 16.7 Å². The number of nitro benzene ring substituents is 1. The van der Waals surface area contributed by atoms with E-state index in [0.717, 1.165) is 5.56 Å². The summed E-state index contributed by atoms with van der Waals surface area (Å²) in [4.78, 5) is 19.8. The van der Waals surface area contributed by atoms with E-state index in [1.807, 2.05) is 42.5 Å². The fraction of sp³-hybridized carbons (Fsp3) is 0. The molecule has 0 heterocycles. The Bertz CT molecular complexity index is 1840. The average molecular weight is 576 g/mol. The summed E-state index contributed by atoms with van der Waals surface area (Å²) in [5.41, 5.74) is 4.04. The summed E-state index contributed by atoms with van der Waals surface area (Å²) in [5, 5.41) is 40.7. The maximum Gasteiger partial charge on any atom is 0.269 e. The molecule has 0 bridgehead atoms. The van der Waals surface area contributed by atoms with Crippen molar-refractivity contribution in [2.75, 3.05) is 0 Å². The molecule has 2 N–H and O–H groups in total. The number of aliphatic imine (C=N–C) groups is 2. The van der Waals surface area contributed by atoms with Gasteiger partial charge in [-0.1, -0.05) is 54.1 Å². The number of phenolic OH excluding ortho intramolecular Hbond substituents is 2. The van der Waals surface area contributed by atoms with Gasteiger partial charge in [0.1, 0.15) is 11.5 Å². The van der Waals surface area contributed by atoms with Crippen LogP contribution >= 0.6 is 11.6 Å². The fourth-order valence-corrected chi connectivity index (χ4v) is 4.14. The number of nitro groups is 1. The van der Waals surface area contributed by atoms with Crippen LogP contribution in [0.2, 0.25) is 5.02 Å². The number of aromatic hydroxyl groups is 2. The van der Waals surface area contributed by atoms with Gasteiger partial charge in [0.2, 0.25) is 0 Å². The molecule has 0 amide bonds. The van der Waals surface area contributed by atoms with Gasteiger partial charge in [0.25, 0.3) is 5.69 Å². The Morgan fingerprint density at radius 3 is 2.12 bits per heavy atom. The van der Waals surface area contributed by atoms with E-state index in [9.17, 15) is 20.3 Å². The molecule has 0 aliphatic rings. The summed E-state index contributed by atoms with van der Waals surface area (Å²) in [6, 6.07) is 31.8. The van der Waals surface area contributed by atoms with Crippen LogP contribution in [0.3, 0.4) is 0 Å². The van der Waals surface area contributed by atoms with Crippen molar-refractivity contribution in [2.45, 2.75) is 0 Å². The molecule has 5 aromatic carbocycles. The van der Waals surface area contributed by atoms with Gasteiger partial charge in [-0.05, 0) is 60.7 Å². The summed E-state index contributed by atoms with van der Waals surface area (Å²) in [5.74, 6) is 0.0236. The number of benzene rings is 5. The van der Waals surface area contributed by atoms with E-state index in [2.05, 4.69) is 15.2 Å². The molecule has 0 saturated carbocycles. The molecule has 0 fully saturated rings. The number of hydrogen-bond acceptors (Lipinski definition) is 8. The number of para-hydroxylation sites is 2. The lowest BCUT2D eigenvalue weighted by Gasteiger charge is -2.11. The third-order valence-electron chi connectivity index (χ3n) is 6.07. The molecule has 0 aliphatic heterocycles. The molecule has 0 saturated heterocycles. The zero-order chi connectivity index (χ0) is 29.5. The summed E-state index contributed by atoms with van der Waals surface area (Å²) >= 11 is 6.25. The van der Waals surface area contributed by atoms with Crippen molar-refractivity contribution in [2.24, 2.45) is 20.2 Å². The Kier molecular flexibility index (Phi) is 8.41. The van der Waals surface area contributed by atoms with Crippen molar-refractivity contribution in [3.05, 3.63) is 147 Å². The predicted octanol–water partition coefficient (Wildman–Crippen LogP) is 8.99. The summed E-state index contributed by atoms with van der Waals surface area (Å²) in [6.45, 7) is 0. The van der Waals surface area contributed by atoms with E-state index >= 15 is 0 Å². The Morgan fingerprint density at radius 1 is 0.738 bits per heavy atom. The highest BCUT2D eigenvalue weighted by Gasteiger charge is 2.14. The first kappa shape index (κ1) is 27.9.